The second-order valence-corrected chi connectivity index (χ2v) is 6.53. The summed E-state index contributed by atoms with van der Waals surface area (Å²) in [5.41, 5.74) is 1.14. The highest BCUT2D eigenvalue weighted by Gasteiger charge is 2.17. The minimum atomic E-state index is 0.702. The van der Waals surface area contributed by atoms with Crippen LogP contribution in [0.2, 0.25) is 0 Å². The summed E-state index contributed by atoms with van der Waals surface area (Å²) in [7, 11) is 0. The number of para-hydroxylation sites is 1. The van der Waals surface area contributed by atoms with Crippen molar-refractivity contribution in [2.75, 3.05) is 0 Å². The first-order valence-electron chi connectivity index (χ1n) is 6.89. The molecule has 1 fully saturated rings. The maximum absolute atomic E-state index is 4.67. The van der Waals surface area contributed by atoms with Crippen LogP contribution >= 0.6 is 11.3 Å². The standard InChI is InChI=1S/C15H20N2S/c1-11-6-8-12(9-7-11)16-10-15-17-13-4-2-3-5-14(13)18-15/h2-5,11-12,16H,6-10H2,1H3/t11-,12+. The molecule has 1 aliphatic carbocycles. The van der Waals surface area contributed by atoms with Gasteiger partial charge < -0.3 is 5.32 Å². The topological polar surface area (TPSA) is 24.9 Å². The minimum Gasteiger partial charge on any atom is -0.308 e. The van der Waals surface area contributed by atoms with Crippen molar-refractivity contribution >= 4 is 21.6 Å². The second kappa shape index (κ2) is 5.37. The van der Waals surface area contributed by atoms with Gasteiger partial charge in [0.05, 0.1) is 10.2 Å². The molecule has 1 aliphatic rings. The normalized spacial score (nSPS) is 24.5. The predicted molar refractivity (Wildman–Crippen MR) is 77.9 cm³/mol. The fourth-order valence-electron chi connectivity index (χ4n) is 2.69. The van der Waals surface area contributed by atoms with E-state index in [1.807, 2.05) is 11.3 Å². The van der Waals surface area contributed by atoms with E-state index in [0.29, 0.717) is 6.04 Å². The maximum atomic E-state index is 4.67. The van der Waals surface area contributed by atoms with E-state index in [1.54, 1.807) is 0 Å². The van der Waals surface area contributed by atoms with Crippen LogP contribution in [0.3, 0.4) is 0 Å². The van der Waals surface area contributed by atoms with Crippen molar-refractivity contribution in [2.24, 2.45) is 5.92 Å². The molecular formula is C15H20N2S. The third-order valence-electron chi connectivity index (χ3n) is 3.90. The van der Waals surface area contributed by atoms with Crippen molar-refractivity contribution in [2.45, 2.75) is 45.2 Å². The first-order valence-corrected chi connectivity index (χ1v) is 7.71. The number of nitrogens with one attached hydrogen (secondary N) is 1. The van der Waals surface area contributed by atoms with Gasteiger partial charge in [0.15, 0.2) is 0 Å². The molecule has 1 saturated carbocycles. The van der Waals surface area contributed by atoms with Gasteiger partial charge in [-0.15, -0.1) is 11.3 Å². The van der Waals surface area contributed by atoms with Crippen molar-refractivity contribution in [1.82, 2.24) is 10.3 Å². The Morgan fingerprint density at radius 1 is 1.22 bits per heavy atom. The number of benzene rings is 1. The van der Waals surface area contributed by atoms with Crippen molar-refractivity contribution in [3.05, 3.63) is 29.3 Å². The van der Waals surface area contributed by atoms with Crippen LogP contribution in [-0.4, -0.2) is 11.0 Å². The lowest BCUT2D eigenvalue weighted by molar-refractivity contribution is 0.306. The Kier molecular flexibility index (Phi) is 3.62. The average molecular weight is 260 g/mol. The summed E-state index contributed by atoms with van der Waals surface area (Å²) in [4.78, 5) is 4.67. The first kappa shape index (κ1) is 12.1. The van der Waals surface area contributed by atoms with Crippen molar-refractivity contribution in [3.8, 4) is 0 Å². The molecule has 1 aromatic carbocycles. The van der Waals surface area contributed by atoms with Crippen LogP contribution in [0.5, 0.6) is 0 Å². The molecule has 18 heavy (non-hydrogen) atoms. The van der Waals surface area contributed by atoms with Gasteiger partial charge in [-0.05, 0) is 43.7 Å². The summed E-state index contributed by atoms with van der Waals surface area (Å²) in [5.74, 6) is 0.922. The third-order valence-corrected chi connectivity index (χ3v) is 4.93. The number of rotatable bonds is 3. The number of hydrogen-bond acceptors (Lipinski definition) is 3. The van der Waals surface area contributed by atoms with E-state index < -0.39 is 0 Å². The quantitative estimate of drug-likeness (QED) is 0.903. The van der Waals surface area contributed by atoms with E-state index in [2.05, 4.69) is 41.5 Å². The second-order valence-electron chi connectivity index (χ2n) is 5.41. The van der Waals surface area contributed by atoms with Crippen LogP contribution in [0.15, 0.2) is 24.3 Å². The van der Waals surface area contributed by atoms with Crippen LogP contribution in [0, 0.1) is 5.92 Å². The van der Waals surface area contributed by atoms with Crippen LogP contribution in [-0.2, 0) is 6.54 Å². The van der Waals surface area contributed by atoms with Gasteiger partial charge >= 0.3 is 0 Å². The molecule has 0 amide bonds. The molecule has 1 aromatic heterocycles. The average Bonchev–Trinajstić information content (AvgIpc) is 2.81. The van der Waals surface area contributed by atoms with E-state index in [-0.39, 0.29) is 0 Å². The zero-order valence-corrected chi connectivity index (χ0v) is 11.7. The molecular weight excluding hydrogens is 240 g/mol. The highest BCUT2D eigenvalue weighted by atomic mass is 32.1. The molecule has 3 heteroatoms. The summed E-state index contributed by atoms with van der Waals surface area (Å²) in [6.07, 6.45) is 5.40. The Labute approximate surface area is 112 Å². The number of nitrogens with zero attached hydrogens (tertiary/aromatic N) is 1. The molecule has 0 unspecified atom stereocenters. The molecule has 96 valence electrons. The molecule has 1 heterocycles. The van der Waals surface area contributed by atoms with Crippen LogP contribution in [0.4, 0.5) is 0 Å². The summed E-state index contributed by atoms with van der Waals surface area (Å²) < 4.78 is 1.30. The number of fused-ring (bicyclic) bond motifs is 1. The zero-order chi connectivity index (χ0) is 12.4. The van der Waals surface area contributed by atoms with Crippen LogP contribution < -0.4 is 5.32 Å². The maximum Gasteiger partial charge on any atom is 0.108 e. The molecule has 3 rings (SSSR count). The minimum absolute atomic E-state index is 0.702. The highest BCUT2D eigenvalue weighted by Crippen LogP contribution is 2.25. The Hall–Kier alpha value is -0.930. The van der Waals surface area contributed by atoms with Gasteiger partial charge in [0.1, 0.15) is 5.01 Å². The van der Waals surface area contributed by atoms with Crippen LogP contribution in [0.25, 0.3) is 10.2 Å². The van der Waals surface area contributed by atoms with Crippen molar-refractivity contribution in [1.29, 1.82) is 0 Å². The summed E-state index contributed by atoms with van der Waals surface area (Å²) >= 11 is 1.81. The van der Waals surface area contributed by atoms with Gasteiger partial charge in [-0.1, -0.05) is 19.1 Å². The molecule has 0 radical (unpaired) electrons. The molecule has 1 N–H and O–H groups in total. The Balaban J connectivity index is 1.59. The lowest BCUT2D eigenvalue weighted by Gasteiger charge is -2.26. The Morgan fingerprint density at radius 3 is 2.78 bits per heavy atom. The van der Waals surface area contributed by atoms with E-state index in [1.165, 1.54) is 35.4 Å². The van der Waals surface area contributed by atoms with Crippen LogP contribution in [0.1, 0.15) is 37.6 Å². The summed E-state index contributed by atoms with van der Waals surface area (Å²) in [5, 5.41) is 4.88. The largest absolute Gasteiger partial charge is 0.308 e. The first-order chi connectivity index (χ1) is 8.81. The molecule has 2 aromatic rings. The summed E-state index contributed by atoms with van der Waals surface area (Å²) in [6, 6.07) is 9.09. The highest BCUT2D eigenvalue weighted by molar-refractivity contribution is 7.18. The predicted octanol–water partition coefficient (Wildman–Crippen LogP) is 3.96. The smallest absolute Gasteiger partial charge is 0.108 e. The van der Waals surface area contributed by atoms with Gasteiger partial charge in [-0.3, -0.25) is 0 Å². The SMILES string of the molecule is C[C@H]1CC[C@@H](NCc2nc3ccccc3s2)CC1. The molecule has 0 aliphatic heterocycles. The third kappa shape index (κ3) is 2.73. The van der Waals surface area contributed by atoms with Gasteiger partial charge in [-0.25, -0.2) is 4.98 Å². The van der Waals surface area contributed by atoms with Gasteiger partial charge in [0.25, 0.3) is 0 Å². The number of hydrogen-bond donors (Lipinski definition) is 1. The van der Waals surface area contributed by atoms with E-state index in [9.17, 15) is 0 Å². The zero-order valence-electron chi connectivity index (χ0n) is 10.9. The summed E-state index contributed by atoms with van der Waals surface area (Å²) in [6.45, 7) is 3.29. The van der Waals surface area contributed by atoms with Gasteiger partial charge in [0, 0.05) is 12.6 Å². The van der Waals surface area contributed by atoms with Crippen molar-refractivity contribution < 1.29 is 0 Å². The van der Waals surface area contributed by atoms with Crippen molar-refractivity contribution in [3.63, 3.8) is 0 Å². The molecule has 0 saturated heterocycles. The fourth-order valence-corrected chi connectivity index (χ4v) is 3.61. The molecule has 2 nitrogen and oxygen atoms in total. The Morgan fingerprint density at radius 2 is 2.00 bits per heavy atom. The van der Waals surface area contributed by atoms with E-state index in [4.69, 9.17) is 0 Å². The van der Waals surface area contributed by atoms with E-state index in [0.717, 1.165) is 18.0 Å². The Bertz CT molecular complexity index is 479. The monoisotopic (exact) mass is 260 g/mol. The molecule has 0 atom stereocenters. The van der Waals surface area contributed by atoms with Gasteiger partial charge in [-0.2, -0.15) is 0 Å². The molecule has 0 bridgehead atoms. The fraction of sp³-hybridized carbons (Fsp3) is 0.533. The van der Waals surface area contributed by atoms with Gasteiger partial charge in [0.2, 0.25) is 0 Å². The van der Waals surface area contributed by atoms with E-state index >= 15 is 0 Å². The number of thiazole rings is 1. The lowest BCUT2D eigenvalue weighted by Crippen LogP contribution is -2.32. The lowest BCUT2D eigenvalue weighted by atomic mass is 9.87. The number of aromatic nitrogens is 1. The molecule has 0 spiro atoms.